The van der Waals surface area contributed by atoms with Crippen LogP contribution in [-0.2, 0) is 25.7 Å². The van der Waals surface area contributed by atoms with E-state index in [2.05, 4.69) is 0 Å². The van der Waals surface area contributed by atoms with Gasteiger partial charge in [0.1, 0.15) is 0 Å². The molecule has 7 nitrogen and oxygen atoms in total. The highest BCUT2D eigenvalue weighted by Crippen LogP contribution is 2.23. The zero-order valence-electron chi connectivity index (χ0n) is 14.9. The minimum Gasteiger partial charge on any atom is -0.481 e. The first kappa shape index (κ1) is 18.4. The first-order chi connectivity index (χ1) is 12.4. The highest BCUT2D eigenvalue weighted by molar-refractivity contribution is 5.89. The predicted octanol–water partition coefficient (Wildman–Crippen LogP) is 1.05. The molecule has 0 unspecified atom stereocenters. The molecule has 26 heavy (non-hydrogen) atoms. The fourth-order valence-electron chi connectivity index (χ4n) is 3.50. The van der Waals surface area contributed by atoms with E-state index in [1.165, 1.54) is 0 Å². The molecule has 0 spiro atoms. The molecule has 0 bridgehead atoms. The van der Waals surface area contributed by atoms with Crippen LogP contribution in [0.15, 0.2) is 24.3 Å². The van der Waals surface area contributed by atoms with Gasteiger partial charge in [-0.3, -0.25) is 14.4 Å². The summed E-state index contributed by atoms with van der Waals surface area (Å²) in [6.45, 7) is 3.97. The number of carbonyl (C=O) groups is 3. The van der Waals surface area contributed by atoms with Crippen LogP contribution in [-0.4, -0.2) is 65.0 Å². The Labute approximate surface area is 152 Å². The van der Waals surface area contributed by atoms with Gasteiger partial charge in [0.2, 0.25) is 11.8 Å². The quantitative estimate of drug-likeness (QED) is 0.848. The van der Waals surface area contributed by atoms with E-state index in [0.717, 1.165) is 11.1 Å². The molecule has 140 valence electrons. The van der Waals surface area contributed by atoms with Crippen molar-refractivity contribution in [2.45, 2.75) is 32.4 Å². The number of carboxylic acids is 1. The average molecular weight is 360 g/mol. The second-order valence-electron chi connectivity index (χ2n) is 7.04. The number of carbonyl (C=O) groups excluding carboxylic acids is 2. The van der Waals surface area contributed by atoms with E-state index in [9.17, 15) is 14.4 Å². The number of amides is 2. The molecule has 3 rings (SSSR count). The molecule has 2 fully saturated rings. The summed E-state index contributed by atoms with van der Waals surface area (Å²) in [5.74, 6) is -1.40. The number of aryl methyl sites for hydroxylation is 1. The van der Waals surface area contributed by atoms with Gasteiger partial charge < -0.3 is 19.6 Å². The van der Waals surface area contributed by atoms with Crippen molar-refractivity contribution < 1.29 is 24.2 Å². The summed E-state index contributed by atoms with van der Waals surface area (Å²) < 4.78 is 5.41. The molecule has 0 aromatic heterocycles. The van der Waals surface area contributed by atoms with E-state index in [-0.39, 0.29) is 37.1 Å². The molecule has 0 saturated carbocycles. The molecule has 1 aromatic rings. The maximum Gasteiger partial charge on any atom is 0.306 e. The minimum atomic E-state index is -0.940. The summed E-state index contributed by atoms with van der Waals surface area (Å²) >= 11 is 0. The van der Waals surface area contributed by atoms with Crippen LogP contribution in [0.4, 0.5) is 0 Å². The molecular weight excluding hydrogens is 336 g/mol. The molecule has 7 heteroatoms. The Morgan fingerprint density at radius 1 is 1.23 bits per heavy atom. The van der Waals surface area contributed by atoms with Crippen LogP contribution in [0.5, 0.6) is 0 Å². The number of likely N-dealkylation sites (tertiary alicyclic amines) is 1. The van der Waals surface area contributed by atoms with Crippen LogP contribution >= 0.6 is 0 Å². The summed E-state index contributed by atoms with van der Waals surface area (Å²) in [5.41, 5.74) is 2.21. The number of aliphatic carboxylic acids is 1. The Balaban J connectivity index is 1.58. The molecule has 2 aliphatic heterocycles. The fourth-order valence-corrected chi connectivity index (χ4v) is 3.50. The monoisotopic (exact) mass is 360 g/mol. The average Bonchev–Trinajstić information content (AvgIpc) is 2.96. The largest absolute Gasteiger partial charge is 0.481 e. The maximum atomic E-state index is 12.8. The number of carboxylic acid groups (broad SMARTS) is 1. The summed E-state index contributed by atoms with van der Waals surface area (Å²) in [4.78, 5) is 39.3. The van der Waals surface area contributed by atoms with Crippen molar-refractivity contribution in [2.24, 2.45) is 5.92 Å². The van der Waals surface area contributed by atoms with Crippen molar-refractivity contribution in [1.29, 1.82) is 0 Å². The van der Waals surface area contributed by atoms with Crippen molar-refractivity contribution in [3.8, 4) is 0 Å². The molecule has 2 saturated heterocycles. The fraction of sp³-hybridized carbons (Fsp3) is 0.526. The Morgan fingerprint density at radius 2 is 1.96 bits per heavy atom. The second-order valence-corrected chi connectivity index (χ2v) is 7.04. The van der Waals surface area contributed by atoms with Gasteiger partial charge in [-0.25, -0.2) is 0 Å². The zero-order chi connectivity index (χ0) is 18.7. The van der Waals surface area contributed by atoms with Crippen LogP contribution in [0.3, 0.4) is 0 Å². The van der Waals surface area contributed by atoms with Crippen LogP contribution in [0.25, 0.3) is 0 Å². The molecule has 2 aliphatic rings. The van der Waals surface area contributed by atoms with E-state index >= 15 is 0 Å². The van der Waals surface area contributed by atoms with Gasteiger partial charge in [-0.15, -0.1) is 0 Å². The van der Waals surface area contributed by atoms with Crippen molar-refractivity contribution in [1.82, 2.24) is 9.80 Å². The standard InChI is InChI=1S/C19H24N2O5/c1-13-2-4-14(5-3-13)10-21-11-15(8-17(21)22)19(25)20-6-7-26-16(12-20)9-18(23)24/h2-5,15-16H,6-12H2,1H3,(H,23,24)/t15-,16-/m1/s1. The normalized spacial score (nSPS) is 23.3. The molecule has 1 aromatic carbocycles. The molecule has 1 N–H and O–H groups in total. The van der Waals surface area contributed by atoms with E-state index in [1.54, 1.807) is 9.80 Å². The Bertz CT molecular complexity index is 688. The van der Waals surface area contributed by atoms with Crippen molar-refractivity contribution in [3.63, 3.8) is 0 Å². The maximum absolute atomic E-state index is 12.8. The minimum absolute atomic E-state index is 0.0146. The van der Waals surface area contributed by atoms with E-state index < -0.39 is 12.1 Å². The third kappa shape index (κ3) is 4.40. The van der Waals surface area contributed by atoms with E-state index in [4.69, 9.17) is 9.84 Å². The summed E-state index contributed by atoms with van der Waals surface area (Å²) in [5, 5.41) is 8.89. The third-order valence-corrected chi connectivity index (χ3v) is 4.91. The third-order valence-electron chi connectivity index (χ3n) is 4.91. The number of hydrogen-bond donors (Lipinski definition) is 1. The Morgan fingerprint density at radius 3 is 2.65 bits per heavy atom. The second kappa shape index (κ2) is 7.86. The molecule has 2 heterocycles. The lowest BCUT2D eigenvalue weighted by Crippen LogP contribution is -2.48. The first-order valence-corrected chi connectivity index (χ1v) is 8.88. The SMILES string of the molecule is Cc1ccc(CN2C[C@H](C(=O)N3CCO[C@H](CC(=O)O)C3)CC2=O)cc1. The number of ether oxygens (including phenoxy) is 1. The molecule has 0 aliphatic carbocycles. The molecule has 2 amide bonds. The van der Waals surface area contributed by atoms with Gasteiger partial charge >= 0.3 is 5.97 Å². The number of nitrogens with zero attached hydrogens (tertiary/aromatic N) is 2. The molecule has 2 atom stereocenters. The van der Waals surface area contributed by atoms with Crippen LogP contribution in [0, 0.1) is 12.8 Å². The van der Waals surface area contributed by atoms with E-state index in [0.29, 0.717) is 26.2 Å². The van der Waals surface area contributed by atoms with Gasteiger partial charge in [0, 0.05) is 32.6 Å². The number of rotatable bonds is 5. The van der Waals surface area contributed by atoms with Gasteiger partial charge in [-0.2, -0.15) is 0 Å². The lowest BCUT2D eigenvalue weighted by Gasteiger charge is -2.33. The van der Waals surface area contributed by atoms with Crippen molar-refractivity contribution in [3.05, 3.63) is 35.4 Å². The predicted molar refractivity (Wildman–Crippen MR) is 93.3 cm³/mol. The highest BCUT2D eigenvalue weighted by atomic mass is 16.5. The van der Waals surface area contributed by atoms with E-state index in [1.807, 2.05) is 31.2 Å². The number of benzene rings is 1. The topological polar surface area (TPSA) is 87.2 Å². The van der Waals surface area contributed by atoms with Crippen molar-refractivity contribution in [2.75, 3.05) is 26.2 Å². The van der Waals surface area contributed by atoms with Gasteiger partial charge in [-0.1, -0.05) is 29.8 Å². The van der Waals surface area contributed by atoms with Crippen LogP contribution in [0.1, 0.15) is 24.0 Å². The van der Waals surface area contributed by atoms with Crippen molar-refractivity contribution >= 4 is 17.8 Å². The van der Waals surface area contributed by atoms with Gasteiger partial charge in [0.25, 0.3) is 0 Å². The Kier molecular flexibility index (Phi) is 5.56. The molecule has 0 radical (unpaired) electrons. The highest BCUT2D eigenvalue weighted by Gasteiger charge is 2.38. The number of hydrogen-bond acceptors (Lipinski definition) is 4. The van der Waals surface area contributed by atoms with Gasteiger partial charge in [0.15, 0.2) is 0 Å². The first-order valence-electron chi connectivity index (χ1n) is 8.88. The lowest BCUT2D eigenvalue weighted by molar-refractivity contribution is -0.149. The zero-order valence-corrected chi connectivity index (χ0v) is 14.9. The summed E-state index contributed by atoms with van der Waals surface area (Å²) in [6, 6.07) is 8.01. The smallest absolute Gasteiger partial charge is 0.306 e. The number of morpholine rings is 1. The van der Waals surface area contributed by atoms with Gasteiger partial charge in [0.05, 0.1) is 25.0 Å². The summed E-state index contributed by atoms with van der Waals surface area (Å²) in [6.07, 6.45) is -0.385. The van der Waals surface area contributed by atoms with Crippen LogP contribution < -0.4 is 0 Å². The summed E-state index contributed by atoms with van der Waals surface area (Å²) in [7, 11) is 0. The lowest BCUT2D eigenvalue weighted by atomic mass is 10.1. The molecular formula is C19H24N2O5. The van der Waals surface area contributed by atoms with Crippen LogP contribution in [0.2, 0.25) is 0 Å². The van der Waals surface area contributed by atoms with Gasteiger partial charge in [-0.05, 0) is 12.5 Å². The Hall–Kier alpha value is -2.41.